The van der Waals surface area contributed by atoms with Crippen LogP contribution < -0.4 is 20.7 Å². The number of methoxy groups -OCH3 is 1. The Morgan fingerprint density at radius 3 is 2.26 bits per heavy atom. The molecule has 0 aliphatic heterocycles. The van der Waals surface area contributed by atoms with E-state index in [4.69, 9.17) is 9.47 Å². The van der Waals surface area contributed by atoms with Gasteiger partial charge < -0.3 is 25.4 Å². The maximum absolute atomic E-state index is 12.3. The third kappa shape index (κ3) is 7.17. The molecule has 0 radical (unpaired) electrons. The molecule has 160 valence electrons. The van der Waals surface area contributed by atoms with Gasteiger partial charge >= 0.3 is 0 Å². The molecule has 2 amide bonds. The smallest absolute Gasteiger partial charge is 0.255 e. The van der Waals surface area contributed by atoms with Crippen LogP contribution >= 0.6 is 0 Å². The molecule has 0 saturated carbocycles. The molecule has 3 aromatic rings. The molecule has 0 bridgehead atoms. The second kappa shape index (κ2) is 11.4. The number of anilines is 3. The third-order valence-electron chi connectivity index (χ3n) is 4.28. The van der Waals surface area contributed by atoms with Crippen LogP contribution in [-0.2, 0) is 9.53 Å². The number of hydrogen-bond donors (Lipinski definition) is 3. The molecule has 0 saturated heterocycles. The fraction of sp³-hybridized carbons (Fsp3) is 0.167. The van der Waals surface area contributed by atoms with E-state index in [2.05, 4.69) is 16.0 Å². The van der Waals surface area contributed by atoms with Gasteiger partial charge in [0.25, 0.3) is 5.91 Å². The zero-order chi connectivity index (χ0) is 21.9. The van der Waals surface area contributed by atoms with E-state index in [1.165, 1.54) is 0 Å². The first-order chi connectivity index (χ1) is 15.1. The van der Waals surface area contributed by atoms with Gasteiger partial charge in [0, 0.05) is 35.8 Å². The lowest BCUT2D eigenvalue weighted by Gasteiger charge is -2.11. The summed E-state index contributed by atoms with van der Waals surface area (Å²) in [5, 5.41) is 8.72. The lowest BCUT2D eigenvalue weighted by molar-refractivity contribution is -0.114. The SMILES string of the molecule is COCCOc1cccc(NCC(=O)Nc2cccc(NC(=O)c3ccccc3)c2)c1. The van der Waals surface area contributed by atoms with Gasteiger partial charge in [0.2, 0.25) is 5.91 Å². The normalized spacial score (nSPS) is 10.2. The van der Waals surface area contributed by atoms with Crippen LogP contribution in [0.5, 0.6) is 5.75 Å². The lowest BCUT2D eigenvalue weighted by Crippen LogP contribution is -2.22. The maximum Gasteiger partial charge on any atom is 0.255 e. The minimum Gasteiger partial charge on any atom is -0.491 e. The molecular weight excluding hydrogens is 394 g/mol. The first-order valence-corrected chi connectivity index (χ1v) is 9.86. The van der Waals surface area contributed by atoms with Crippen molar-refractivity contribution in [2.45, 2.75) is 0 Å². The molecular formula is C24H25N3O4. The number of nitrogens with one attached hydrogen (secondary N) is 3. The fourth-order valence-corrected chi connectivity index (χ4v) is 2.79. The second-order valence-electron chi connectivity index (χ2n) is 6.67. The van der Waals surface area contributed by atoms with Gasteiger partial charge in [-0.25, -0.2) is 0 Å². The Morgan fingerprint density at radius 2 is 1.48 bits per heavy atom. The molecule has 3 rings (SSSR count). The van der Waals surface area contributed by atoms with Gasteiger partial charge in [-0.15, -0.1) is 0 Å². The number of carbonyl (C=O) groups excluding carboxylic acids is 2. The average molecular weight is 419 g/mol. The van der Waals surface area contributed by atoms with Crippen LogP contribution in [-0.4, -0.2) is 38.7 Å². The van der Waals surface area contributed by atoms with Gasteiger partial charge in [-0.2, -0.15) is 0 Å². The third-order valence-corrected chi connectivity index (χ3v) is 4.28. The Kier molecular flexibility index (Phi) is 8.02. The summed E-state index contributed by atoms with van der Waals surface area (Å²) in [5.41, 5.74) is 2.53. The van der Waals surface area contributed by atoms with Crippen molar-refractivity contribution in [2.24, 2.45) is 0 Å². The van der Waals surface area contributed by atoms with E-state index in [9.17, 15) is 9.59 Å². The quantitative estimate of drug-likeness (QED) is 0.432. The minimum absolute atomic E-state index is 0.0854. The van der Waals surface area contributed by atoms with Gasteiger partial charge in [0.1, 0.15) is 12.4 Å². The van der Waals surface area contributed by atoms with Crippen molar-refractivity contribution in [3.8, 4) is 5.75 Å². The van der Waals surface area contributed by atoms with Crippen LogP contribution in [0.15, 0.2) is 78.9 Å². The van der Waals surface area contributed by atoms with Crippen molar-refractivity contribution in [3.63, 3.8) is 0 Å². The van der Waals surface area contributed by atoms with E-state index in [1.807, 2.05) is 30.3 Å². The average Bonchev–Trinajstić information content (AvgIpc) is 2.79. The molecule has 0 unspecified atom stereocenters. The van der Waals surface area contributed by atoms with Gasteiger partial charge in [-0.3, -0.25) is 9.59 Å². The highest BCUT2D eigenvalue weighted by Crippen LogP contribution is 2.18. The van der Waals surface area contributed by atoms with E-state index >= 15 is 0 Å². The Balaban J connectivity index is 1.51. The van der Waals surface area contributed by atoms with E-state index in [0.29, 0.717) is 35.9 Å². The molecule has 0 heterocycles. The highest BCUT2D eigenvalue weighted by Gasteiger charge is 2.07. The Hall–Kier alpha value is -3.84. The first-order valence-electron chi connectivity index (χ1n) is 9.86. The van der Waals surface area contributed by atoms with E-state index in [0.717, 1.165) is 5.69 Å². The van der Waals surface area contributed by atoms with E-state index in [1.54, 1.807) is 55.6 Å². The van der Waals surface area contributed by atoms with Gasteiger partial charge in [-0.05, 0) is 42.5 Å². The first kappa shape index (κ1) is 21.9. The van der Waals surface area contributed by atoms with Gasteiger partial charge in [0.15, 0.2) is 0 Å². The molecule has 0 atom stereocenters. The van der Waals surface area contributed by atoms with Crippen molar-refractivity contribution >= 4 is 28.9 Å². The monoisotopic (exact) mass is 419 g/mol. The topological polar surface area (TPSA) is 88.7 Å². The van der Waals surface area contributed by atoms with Crippen LogP contribution in [0.4, 0.5) is 17.1 Å². The number of rotatable bonds is 10. The molecule has 0 aromatic heterocycles. The molecule has 0 fully saturated rings. The lowest BCUT2D eigenvalue weighted by atomic mass is 10.2. The van der Waals surface area contributed by atoms with Crippen LogP contribution in [0.1, 0.15) is 10.4 Å². The molecule has 7 nitrogen and oxygen atoms in total. The number of hydrogen-bond acceptors (Lipinski definition) is 5. The van der Waals surface area contributed by atoms with Crippen molar-refractivity contribution in [1.29, 1.82) is 0 Å². The summed E-state index contributed by atoms with van der Waals surface area (Å²) < 4.78 is 10.5. The molecule has 0 aliphatic rings. The van der Waals surface area contributed by atoms with Crippen molar-refractivity contribution in [1.82, 2.24) is 0 Å². The fourth-order valence-electron chi connectivity index (χ4n) is 2.79. The largest absolute Gasteiger partial charge is 0.491 e. The van der Waals surface area contributed by atoms with Crippen molar-refractivity contribution < 1.29 is 19.1 Å². The zero-order valence-electron chi connectivity index (χ0n) is 17.3. The molecule has 3 aromatic carbocycles. The Morgan fingerprint density at radius 1 is 0.774 bits per heavy atom. The summed E-state index contributed by atoms with van der Waals surface area (Å²) in [4.78, 5) is 24.6. The minimum atomic E-state index is -0.211. The summed E-state index contributed by atoms with van der Waals surface area (Å²) in [5.74, 6) is 0.278. The molecule has 7 heteroatoms. The van der Waals surface area contributed by atoms with Crippen LogP contribution in [0, 0.1) is 0 Å². The van der Waals surface area contributed by atoms with Crippen LogP contribution in [0.3, 0.4) is 0 Å². The van der Waals surface area contributed by atoms with Gasteiger partial charge in [0.05, 0.1) is 13.2 Å². The Bertz CT molecular complexity index is 1010. The van der Waals surface area contributed by atoms with Crippen molar-refractivity contribution in [2.75, 3.05) is 42.8 Å². The van der Waals surface area contributed by atoms with Crippen molar-refractivity contribution in [3.05, 3.63) is 84.4 Å². The molecule has 31 heavy (non-hydrogen) atoms. The summed E-state index contributed by atoms with van der Waals surface area (Å²) in [6, 6.07) is 23.3. The van der Waals surface area contributed by atoms with Gasteiger partial charge in [-0.1, -0.05) is 30.3 Å². The van der Waals surface area contributed by atoms with Crippen LogP contribution in [0.25, 0.3) is 0 Å². The second-order valence-corrected chi connectivity index (χ2v) is 6.67. The number of amides is 2. The number of ether oxygens (including phenoxy) is 2. The summed E-state index contributed by atoms with van der Waals surface area (Å²) in [7, 11) is 1.62. The molecule has 3 N–H and O–H groups in total. The standard InChI is InChI=1S/C24H25N3O4/c1-30-13-14-31-22-12-6-9-19(16-22)25-17-23(28)26-20-10-5-11-21(15-20)27-24(29)18-7-3-2-4-8-18/h2-12,15-16,25H,13-14,17H2,1H3,(H,26,28)(H,27,29). The Labute approximate surface area is 181 Å². The predicted octanol–water partition coefficient (Wildman–Crippen LogP) is 4.01. The predicted molar refractivity (Wildman–Crippen MR) is 122 cm³/mol. The van der Waals surface area contributed by atoms with Crippen LogP contribution in [0.2, 0.25) is 0 Å². The highest BCUT2D eigenvalue weighted by atomic mass is 16.5. The highest BCUT2D eigenvalue weighted by molar-refractivity contribution is 6.04. The molecule has 0 aliphatic carbocycles. The molecule has 0 spiro atoms. The maximum atomic E-state index is 12.3. The summed E-state index contributed by atoms with van der Waals surface area (Å²) in [6.07, 6.45) is 0. The van der Waals surface area contributed by atoms with E-state index in [-0.39, 0.29) is 18.4 Å². The zero-order valence-corrected chi connectivity index (χ0v) is 17.3. The summed E-state index contributed by atoms with van der Waals surface area (Å²) >= 11 is 0. The number of carbonyl (C=O) groups is 2. The van der Waals surface area contributed by atoms with E-state index < -0.39 is 0 Å². The summed E-state index contributed by atoms with van der Waals surface area (Å²) in [6.45, 7) is 1.05. The number of benzene rings is 3.